The Bertz CT molecular complexity index is 789. The van der Waals surface area contributed by atoms with Crippen molar-refractivity contribution in [2.45, 2.75) is 32.1 Å². The Morgan fingerprint density at radius 2 is 1.88 bits per heavy atom. The second-order valence-electron chi connectivity index (χ2n) is 6.36. The Hall–Kier alpha value is -2.00. The van der Waals surface area contributed by atoms with E-state index >= 15 is 0 Å². The van der Waals surface area contributed by atoms with Gasteiger partial charge >= 0.3 is 5.97 Å². The van der Waals surface area contributed by atoms with Crippen molar-refractivity contribution >= 4 is 21.7 Å². The van der Waals surface area contributed by atoms with Gasteiger partial charge in [0.25, 0.3) is 5.69 Å². The molecule has 0 aromatic heterocycles. The Morgan fingerprint density at radius 3 is 2.42 bits per heavy atom. The summed E-state index contributed by atoms with van der Waals surface area (Å²) in [5.74, 6) is -2.01. The van der Waals surface area contributed by atoms with Gasteiger partial charge in [-0.05, 0) is 43.4 Å². The zero-order valence-corrected chi connectivity index (χ0v) is 14.5. The highest BCUT2D eigenvalue weighted by Gasteiger charge is 2.39. The van der Waals surface area contributed by atoms with Crippen LogP contribution in [0.5, 0.6) is 0 Å². The standard InChI is InChI=1S/C15H20N2O6S/c1-9-4-12(15(18)19)8-16(7-9)24(22,23)14-6-11(3)10(2)5-13(14)17(20)21/h5-6,9,12H,4,7-8H2,1-3H3,(H,18,19). The number of nitrogens with zero attached hydrogens (tertiary/aromatic N) is 2. The lowest BCUT2D eigenvalue weighted by Gasteiger charge is -2.33. The third-order valence-electron chi connectivity index (χ3n) is 4.37. The molecule has 1 saturated heterocycles. The van der Waals surface area contributed by atoms with Crippen LogP contribution in [-0.2, 0) is 14.8 Å². The fourth-order valence-electron chi connectivity index (χ4n) is 2.94. The molecule has 1 aromatic carbocycles. The van der Waals surface area contributed by atoms with Gasteiger partial charge in [-0.1, -0.05) is 6.92 Å². The lowest BCUT2D eigenvalue weighted by atomic mass is 9.92. The maximum atomic E-state index is 12.9. The van der Waals surface area contributed by atoms with E-state index in [1.165, 1.54) is 12.1 Å². The summed E-state index contributed by atoms with van der Waals surface area (Å²) >= 11 is 0. The van der Waals surface area contributed by atoms with E-state index in [1.807, 2.05) is 0 Å². The van der Waals surface area contributed by atoms with Crippen molar-refractivity contribution < 1.29 is 23.2 Å². The van der Waals surface area contributed by atoms with Gasteiger partial charge in [-0.2, -0.15) is 4.31 Å². The molecule has 9 heteroatoms. The molecule has 2 rings (SSSR count). The molecule has 24 heavy (non-hydrogen) atoms. The lowest BCUT2D eigenvalue weighted by Crippen LogP contribution is -2.45. The highest BCUT2D eigenvalue weighted by molar-refractivity contribution is 7.89. The molecule has 2 unspecified atom stereocenters. The fourth-order valence-corrected chi connectivity index (χ4v) is 4.77. The van der Waals surface area contributed by atoms with Crippen molar-refractivity contribution in [2.24, 2.45) is 11.8 Å². The summed E-state index contributed by atoms with van der Waals surface area (Å²) < 4.78 is 26.9. The van der Waals surface area contributed by atoms with Crippen LogP contribution in [0.2, 0.25) is 0 Å². The number of aliphatic carboxylic acids is 1. The number of carboxylic acid groups (broad SMARTS) is 1. The van der Waals surface area contributed by atoms with Gasteiger partial charge < -0.3 is 5.11 Å². The molecule has 0 aliphatic carbocycles. The summed E-state index contributed by atoms with van der Waals surface area (Å²) in [4.78, 5) is 21.4. The molecular weight excluding hydrogens is 336 g/mol. The van der Waals surface area contributed by atoms with Gasteiger partial charge in [0.2, 0.25) is 10.0 Å². The Labute approximate surface area is 140 Å². The maximum absolute atomic E-state index is 12.9. The Morgan fingerprint density at radius 1 is 1.29 bits per heavy atom. The van der Waals surface area contributed by atoms with Crippen LogP contribution in [0, 0.1) is 35.8 Å². The van der Waals surface area contributed by atoms with Crippen molar-refractivity contribution in [3.05, 3.63) is 33.4 Å². The third-order valence-corrected chi connectivity index (χ3v) is 6.23. The summed E-state index contributed by atoms with van der Waals surface area (Å²) in [6.45, 7) is 5.09. The number of piperidine rings is 1. The number of hydrogen-bond acceptors (Lipinski definition) is 5. The van der Waals surface area contributed by atoms with Crippen molar-refractivity contribution in [2.75, 3.05) is 13.1 Å². The van der Waals surface area contributed by atoms with Gasteiger partial charge in [0.15, 0.2) is 4.90 Å². The average molecular weight is 356 g/mol. The van der Waals surface area contributed by atoms with Crippen LogP contribution in [0.4, 0.5) is 5.69 Å². The third kappa shape index (κ3) is 3.41. The smallest absolute Gasteiger partial charge is 0.307 e. The fraction of sp³-hybridized carbons (Fsp3) is 0.533. The minimum Gasteiger partial charge on any atom is -0.481 e. The summed E-state index contributed by atoms with van der Waals surface area (Å²) in [5, 5.41) is 20.5. The van der Waals surface area contributed by atoms with Crippen LogP contribution < -0.4 is 0 Å². The van der Waals surface area contributed by atoms with Gasteiger partial charge in [-0.15, -0.1) is 0 Å². The molecule has 0 spiro atoms. The first kappa shape index (κ1) is 18.3. The predicted octanol–water partition coefficient (Wildman–Crippen LogP) is 1.94. The van der Waals surface area contributed by atoms with Gasteiger partial charge in [0.05, 0.1) is 10.8 Å². The largest absolute Gasteiger partial charge is 0.481 e. The lowest BCUT2D eigenvalue weighted by molar-refractivity contribution is -0.387. The van der Waals surface area contributed by atoms with E-state index in [1.54, 1.807) is 20.8 Å². The number of carboxylic acids is 1. The van der Waals surface area contributed by atoms with Crippen LogP contribution in [0.15, 0.2) is 17.0 Å². The van der Waals surface area contributed by atoms with Gasteiger partial charge in [-0.25, -0.2) is 8.42 Å². The molecule has 1 N–H and O–H groups in total. The monoisotopic (exact) mass is 356 g/mol. The Balaban J connectivity index is 2.52. The number of sulfonamides is 1. The molecule has 0 radical (unpaired) electrons. The molecule has 1 aliphatic rings. The summed E-state index contributed by atoms with van der Waals surface area (Å²) in [6.07, 6.45) is 0.385. The molecule has 132 valence electrons. The second kappa shape index (κ2) is 6.48. The predicted molar refractivity (Wildman–Crippen MR) is 86.2 cm³/mol. The number of benzene rings is 1. The van der Waals surface area contributed by atoms with Gasteiger partial charge in [0.1, 0.15) is 0 Å². The number of rotatable bonds is 4. The van der Waals surface area contributed by atoms with E-state index in [0.717, 1.165) is 4.31 Å². The number of aryl methyl sites for hydroxylation is 2. The van der Waals surface area contributed by atoms with Crippen LogP contribution in [0.3, 0.4) is 0 Å². The van der Waals surface area contributed by atoms with E-state index < -0.39 is 32.5 Å². The highest BCUT2D eigenvalue weighted by atomic mass is 32.2. The van der Waals surface area contributed by atoms with Crippen molar-refractivity contribution in [3.63, 3.8) is 0 Å². The second-order valence-corrected chi connectivity index (χ2v) is 8.27. The zero-order valence-electron chi connectivity index (χ0n) is 13.7. The molecule has 0 saturated carbocycles. The molecular formula is C15H20N2O6S. The normalized spacial score (nSPS) is 22.3. The zero-order chi connectivity index (χ0) is 18.2. The number of hydrogen-bond donors (Lipinski definition) is 1. The summed E-state index contributed by atoms with van der Waals surface area (Å²) in [7, 11) is -4.15. The molecule has 2 atom stereocenters. The average Bonchev–Trinajstić information content (AvgIpc) is 2.48. The first-order valence-corrected chi connectivity index (χ1v) is 8.96. The van der Waals surface area contributed by atoms with Gasteiger partial charge in [0, 0.05) is 19.2 Å². The van der Waals surface area contributed by atoms with Crippen molar-refractivity contribution in [3.8, 4) is 0 Å². The van der Waals surface area contributed by atoms with Gasteiger partial charge in [-0.3, -0.25) is 14.9 Å². The SMILES string of the molecule is Cc1cc([N+](=O)[O-])c(S(=O)(=O)N2CC(C)CC(C(=O)O)C2)cc1C. The van der Waals surface area contributed by atoms with Crippen LogP contribution >= 0.6 is 0 Å². The molecule has 1 heterocycles. The topological polar surface area (TPSA) is 118 Å². The number of nitro benzene ring substituents is 1. The molecule has 8 nitrogen and oxygen atoms in total. The molecule has 1 aromatic rings. The summed E-state index contributed by atoms with van der Waals surface area (Å²) in [5.41, 5.74) is 0.762. The molecule has 0 bridgehead atoms. The summed E-state index contributed by atoms with van der Waals surface area (Å²) in [6, 6.07) is 2.53. The minimum atomic E-state index is -4.15. The molecule has 1 aliphatic heterocycles. The van der Waals surface area contributed by atoms with E-state index in [0.29, 0.717) is 17.5 Å². The van der Waals surface area contributed by atoms with Crippen LogP contribution in [0.1, 0.15) is 24.5 Å². The first-order valence-electron chi connectivity index (χ1n) is 7.52. The number of carbonyl (C=O) groups is 1. The van der Waals surface area contributed by atoms with Crippen LogP contribution in [0.25, 0.3) is 0 Å². The quantitative estimate of drug-likeness (QED) is 0.650. The number of nitro groups is 1. The van der Waals surface area contributed by atoms with Crippen molar-refractivity contribution in [1.82, 2.24) is 4.31 Å². The minimum absolute atomic E-state index is 0.139. The first-order chi connectivity index (χ1) is 11.0. The molecule has 1 fully saturated rings. The van der Waals surface area contributed by atoms with Crippen LogP contribution in [-0.4, -0.2) is 41.8 Å². The van der Waals surface area contributed by atoms with Crippen molar-refractivity contribution in [1.29, 1.82) is 0 Å². The van der Waals surface area contributed by atoms with E-state index in [-0.39, 0.29) is 23.9 Å². The Kier molecular flexibility index (Phi) is 4.95. The molecule has 0 amide bonds. The van der Waals surface area contributed by atoms with E-state index in [2.05, 4.69) is 0 Å². The van der Waals surface area contributed by atoms with E-state index in [4.69, 9.17) is 0 Å². The van der Waals surface area contributed by atoms with E-state index in [9.17, 15) is 28.4 Å². The maximum Gasteiger partial charge on any atom is 0.307 e. The highest BCUT2D eigenvalue weighted by Crippen LogP contribution is 2.33.